The summed E-state index contributed by atoms with van der Waals surface area (Å²) in [5, 5.41) is 4.39. The second-order valence-corrected chi connectivity index (χ2v) is 2.76. The average Bonchev–Trinajstić information content (AvgIpc) is 2.53. The molecule has 1 unspecified atom stereocenters. The van der Waals surface area contributed by atoms with Crippen LogP contribution in [-0.4, -0.2) is 22.7 Å². The van der Waals surface area contributed by atoms with Gasteiger partial charge in [-0.05, 0) is 11.5 Å². The molecule has 1 rings (SSSR count). The zero-order valence-corrected chi connectivity index (χ0v) is 7.22. The van der Waals surface area contributed by atoms with E-state index in [1.807, 2.05) is 0 Å². The third-order valence-electron chi connectivity index (χ3n) is 1.04. The molecule has 0 fully saturated rings. The molecule has 6 heteroatoms. The van der Waals surface area contributed by atoms with Gasteiger partial charge in [0, 0.05) is 5.38 Å². The molecule has 4 nitrogen and oxygen atoms in total. The number of esters is 1. The Labute approximate surface area is 72.3 Å². The first kappa shape index (κ1) is 8.42. The Balaban J connectivity index is 2.70. The van der Waals surface area contributed by atoms with E-state index in [-0.39, 0.29) is 0 Å². The Kier molecular flexibility index (Phi) is 2.78. The van der Waals surface area contributed by atoms with Crippen molar-refractivity contribution in [2.24, 2.45) is 0 Å². The topological polar surface area (TPSA) is 52.1 Å². The molecule has 0 bridgehead atoms. The number of methoxy groups -OCH3 is 1. The number of rotatable bonds is 2. The average molecular weight is 193 g/mol. The summed E-state index contributed by atoms with van der Waals surface area (Å²) in [6, 6.07) is 0. The lowest BCUT2D eigenvalue weighted by Gasteiger charge is -2.00. The number of carbonyl (C=O) groups excluding carboxylic acids is 1. The highest BCUT2D eigenvalue weighted by Crippen LogP contribution is 2.19. The fourth-order valence-electron chi connectivity index (χ4n) is 0.506. The van der Waals surface area contributed by atoms with Crippen molar-refractivity contribution >= 4 is 29.1 Å². The van der Waals surface area contributed by atoms with Crippen LogP contribution in [0.15, 0.2) is 5.38 Å². The van der Waals surface area contributed by atoms with Gasteiger partial charge in [-0.25, -0.2) is 0 Å². The number of halogens is 1. The minimum atomic E-state index is -0.834. The minimum Gasteiger partial charge on any atom is -0.468 e. The number of nitrogens with zero attached hydrogens (tertiary/aromatic N) is 2. The van der Waals surface area contributed by atoms with Gasteiger partial charge in [-0.2, -0.15) is 0 Å². The van der Waals surface area contributed by atoms with Crippen LogP contribution < -0.4 is 0 Å². The normalized spacial score (nSPS) is 12.5. The van der Waals surface area contributed by atoms with E-state index < -0.39 is 11.3 Å². The minimum absolute atomic E-state index is 0.434. The van der Waals surface area contributed by atoms with Gasteiger partial charge in [0.05, 0.1) is 7.11 Å². The number of alkyl halides is 1. The Hall–Kier alpha value is -0.680. The van der Waals surface area contributed by atoms with E-state index in [1.54, 1.807) is 5.38 Å². The van der Waals surface area contributed by atoms with Crippen LogP contribution in [0.25, 0.3) is 0 Å². The number of ether oxygens (including phenoxy) is 1. The zero-order chi connectivity index (χ0) is 8.27. The van der Waals surface area contributed by atoms with Gasteiger partial charge in [-0.3, -0.25) is 4.79 Å². The highest BCUT2D eigenvalue weighted by atomic mass is 35.5. The van der Waals surface area contributed by atoms with Gasteiger partial charge < -0.3 is 4.74 Å². The summed E-state index contributed by atoms with van der Waals surface area (Å²) < 4.78 is 7.96. The number of hydrogen-bond acceptors (Lipinski definition) is 5. The molecule has 0 aromatic carbocycles. The van der Waals surface area contributed by atoms with Crippen LogP contribution in [0.1, 0.15) is 11.1 Å². The fraction of sp³-hybridized carbons (Fsp3) is 0.400. The van der Waals surface area contributed by atoms with Gasteiger partial charge in [-0.1, -0.05) is 4.49 Å². The lowest BCUT2D eigenvalue weighted by atomic mass is 10.3. The van der Waals surface area contributed by atoms with Crippen molar-refractivity contribution in [2.45, 2.75) is 5.38 Å². The first-order valence-electron chi connectivity index (χ1n) is 2.74. The molecule has 0 aliphatic heterocycles. The molecule has 0 N–H and O–H groups in total. The Bertz CT molecular complexity index is 239. The van der Waals surface area contributed by atoms with E-state index in [2.05, 4.69) is 14.3 Å². The summed E-state index contributed by atoms with van der Waals surface area (Å²) in [4.78, 5) is 10.8. The first-order chi connectivity index (χ1) is 5.25. The van der Waals surface area contributed by atoms with Crippen LogP contribution in [0.4, 0.5) is 0 Å². The van der Waals surface area contributed by atoms with Crippen molar-refractivity contribution in [2.75, 3.05) is 7.11 Å². The molecule has 0 saturated heterocycles. The molecular formula is C5H5ClN2O2S. The van der Waals surface area contributed by atoms with E-state index in [9.17, 15) is 4.79 Å². The molecular weight excluding hydrogens is 188 g/mol. The van der Waals surface area contributed by atoms with Crippen LogP contribution in [0.2, 0.25) is 0 Å². The zero-order valence-electron chi connectivity index (χ0n) is 5.65. The predicted octanol–water partition coefficient (Wildman–Crippen LogP) is 0.991. The van der Waals surface area contributed by atoms with Gasteiger partial charge >= 0.3 is 5.97 Å². The van der Waals surface area contributed by atoms with E-state index in [1.165, 1.54) is 7.11 Å². The monoisotopic (exact) mass is 192 g/mol. The number of carbonyl (C=O) groups is 1. The largest absolute Gasteiger partial charge is 0.468 e. The van der Waals surface area contributed by atoms with E-state index >= 15 is 0 Å². The maximum atomic E-state index is 10.8. The van der Waals surface area contributed by atoms with Gasteiger partial charge in [0.15, 0.2) is 5.38 Å². The molecule has 0 amide bonds. The quantitative estimate of drug-likeness (QED) is 0.518. The highest BCUT2D eigenvalue weighted by molar-refractivity contribution is 7.03. The lowest BCUT2D eigenvalue weighted by Crippen LogP contribution is -2.08. The van der Waals surface area contributed by atoms with Crippen LogP contribution in [-0.2, 0) is 9.53 Å². The van der Waals surface area contributed by atoms with Crippen molar-refractivity contribution in [3.8, 4) is 0 Å². The SMILES string of the molecule is COC(=O)C(Cl)c1csnn1. The smallest absolute Gasteiger partial charge is 0.330 e. The van der Waals surface area contributed by atoms with Crippen LogP contribution in [0, 0.1) is 0 Å². The molecule has 60 valence electrons. The van der Waals surface area contributed by atoms with Crippen LogP contribution in [0.3, 0.4) is 0 Å². The first-order valence-corrected chi connectivity index (χ1v) is 4.02. The molecule has 0 radical (unpaired) electrons. The molecule has 1 heterocycles. The summed E-state index contributed by atoms with van der Waals surface area (Å²) in [7, 11) is 1.28. The molecule has 0 aliphatic rings. The summed E-state index contributed by atoms with van der Waals surface area (Å²) >= 11 is 6.77. The van der Waals surface area contributed by atoms with Gasteiger partial charge in [0.1, 0.15) is 5.69 Å². The van der Waals surface area contributed by atoms with E-state index in [0.717, 1.165) is 11.5 Å². The van der Waals surface area contributed by atoms with E-state index in [4.69, 9.17) is 11.6 Å². The summed E-state index contributed by atoms with van der Waals surface area (Å²) in [5.74, 6) is -0.514. The molecule has 1 atom stereocenters. The van der Waals surface area contributed by atoms with Crippen molar-refractivity contribution < 1.29 is 9.53 Å². The molecule has 1 aromatic heterocycles. The van der Waals surface area contributed by atoms with Crippen molar-refractivity contribution in [1.82, 2.24) is 9.59 Å². The van der Waals surface area contributed by atoms with Gasteiger partial charge in [0.2, 0.25) is 0 Å². The van der Waals surface area contributed by atoms with Crippen molar-refractivity contribution in [1.29, 1.82) is 0 Å². The highest BCUT2D eigenvalue weighted by Gasteiger charge is 2.20. The maximum Gasteiger partial charge on any atom is 0.330 e. The molecule has 0 saturated carbocycles. The van der Waals surface area contributed by atoms with Crippen LogP contribution >= 0.6 is 23.1 Å². The maximum absolute atomic E-state index is 10.8. The standard InChI is InChI=1S/C5H5ClN2O2S/c1-10-5(9)4(6)3-2-11-8-7-3/h2,4H,1H3. The summed E-state index contributed by atoms with van der Waals surface area (Å²) in [5.41, 5.74) is 0.434. The molecule has 0 spiro atoms. The Morgan fingerprint density at radius 1 is 1.91 bits per heavy atom. The third-order valence-corrected chi connectivity index (χ3v) is 1.97. The second-order valence-electron chi connectivity index (χ2n) is 1.72. The van der Waals surface area contributed by atoms with Crippen molar-refractivity contribution in [3.63, 3.8) is 0 Å². The van der Waals surface area contributed by atoms with Crippen LogP contribution in [0.5, 0.6) is 0 Å². The second kappa shape index (κ2) is 3.64. The fourth-order valence-corrected chi connectivity index (χ4v) is 1.26. The summed E-state index contributed by atoms with van der Waals surface area (Å²) in [6.45, 7) is 0. The van der Waals surface area contributed by atoms with Gasteiger partial charge in [0.25, 0.3) is 0 Å². The summed E-state index contributed by atoms with van der Waals surface area (Å²) in [6.07, 6.45) is 0. The third kappa shape index (κ3) is 1.87. The molecule has 1 aromatic rings. The molecule has 11 heavy (non-hydrogen) atoms. The predicted molar refractivity (Wildman–Crippen MR) is 40.5 cm³/mol. The van der Waals surface area contributed by atoms with E-state index in [0.29, 0.717) is 5.69 Å². The Morgan fingerprint density at radius 3 is 3.09 bits per heavy atom. The number of hydrogen-bond donors (Lipinski definition) is 0. The number of aromatic nitrogens is 2. The Morgan fingerprint density at radius 2 is 2.64 bits per heavy atom. The van der Waals surface area contributed by atoms with Crippen molar-refractivity contribution in [3.05, 3.63) is 11.1 Å². The lowest BCUT2D eigenvalue weighted by molar-refractivity contribution is -0.140. The van der Waals surface area contributed by atoms with Gasteiger partial charge in [-0.15, -0.1) is 16.7 Å². The molecule has 0 aliphatic carbocycles.